The number of fused-ring (bicyclic) bond motifs is 1. The summed E-state index contributed by atoms with van der Waals surface area (Å²) < 4.78 is 0. The standard InChI is InChI=1S/C12H14N4O2/c13-8-3-4-9(16-6-10(17)12(14)18)11-7(8)2-1-5-15-11/h1-5,10,16-17H,6,13H2,(H2,14,18). The summed E-state index contributed by atoms with van der Waals surface area (Å²) in [5, 5.41) is 13.1. The van der Waals surface area contributed by atoms with Crippen molar-refractivity contribution >= 4 is 28.2 Å². The van der Waals surface area contributed by atoms with Gasteiger partial charge in [-0.15, -0.1) is 0 Å². The number of aliphatic hydroxyl groups excluding tert-OH is 1. The Bertz CT molecular complexity index is 585. The van der Waals surface area contributed by atoms with E-state index in [0.29, 0.717) is 16.9 Å². The number of aliphatic hydroxyl groups is 1. The number of rotatable bonds is 4. The molecule has 0 aliphatic carbocycles. The molecule has 0 aliphatic rings. The van der Waals surface area contributed by atoms with Crippen LogP contribution in [0.25, 0.3) is 10.9 Å². The zero-order chi connectivity index (χ0) is 13.1. The normalized spacial score (nSPS) is 12.3. The third kappa shape index (κ3) is 2.33. The van der Waals surface area contributed by atoms with Crippen molar-refractivity contribution in [3.05, 3.63) is 30.5 Å². The molecule has 1 amide bonds. The van der Waals surface area contributed by atoms with Gasteiger partial charge in [0.1, 0.15) is 6.10 Å². The third-order valence-corrected chi connectivity index (χ3v) is 2.62. The number of benzene rings is 1. The summed E-state index contributed by atoms with van der Waals surface area (Å²) in [7, 11) is 0. The molecular formula is C12H14N4O2. The number of aromatic nitrogens is 1. The van der Waals surface area contributed by atoms with Gasteiger partial charge >= 0.3 is 0 Å². The van der Waals surface area contributed by atoms with Crippen LogP contribution in [-0.2, 0) is 4.79 Å². The molecule has 6 N–H and O–H groups in total. The largest absolute Gasteiger partial charge is 0.398 e. The zero-order valence-corrected chi connectivity index (χ0v) is 9.63. The Kier molecular flexibility index (Phi) is 3.29. The molecule has 2 aromatic rings. The number of nitrogen functional groups attached to an aromatic ring is 1. The van der Waals surface area contributed by atoms with Crippen LogP contribution >= 0.6 is 0 Å². The van der Waals surface area contributed by atoms with Gasteiger partial charge in [0.05, 0.1) is 11.2 Å². The Morgan fingerprint density at radius 2 is 2.22 bits per heavy atom. The van der Waals surface area contributed by atoms with Crippen molar-refractivity contribution in [3.63, 3.8) is 0 Å². The maximum Gasteiger partial charge on any atom is 0.248 e. The van der Waals surface area contributed by atoms with Crippen LogP contribution in [0.15, 0.2) is 30.5 Å². The minimum absolute atomic E-state index is 0.0327. The molecule has 1 heterocycles. The highest BCUT2D eigenvalue weighted by molar-refractivity contribution is 5.98. The van der Waals surface area contributed by atoms with Crippen molar-refractivity contribution in [1.82, 2.24) is 4.98 Å². The first kappa shape index (κ1) is 12.1. The number of nitrogens with two attached hydrogens (primary N) is 2. The predicted octanol–water partition coefficient (Wildman–Crippen LogP) is 0.0751. The van der Waals surface area contributed by atoms with E-state index in [4.69, 9.17) is 11.5 Å². The van der Waals surface area contributed by atoms with E-state index >= 15 is 0 Å². The van der Waals surface area contributed by atoms with Crippen molar-refractivity contribution < 1.29 is 9.90 Å². The summed E-state index contributed by atoms with van der Waals surface area (Å²) in [5.41, 5.74) is 12.8. The molecule has 1 unspecified atom stereocenters. The maximum atomic E-state index is 10.7. The summed E-state index contributed by atoms with van der Waals surface area (Å²) >= 11 is 0. The molecular weight excluding hydrogens is 232 g/mol. The van der Waals surface area contributed by atoms with Crippen molar-refractivity contribution in [2.75, 3.05) is 17.6 Å². The Balaban J connectivity index is 2.29. The summed E-state index contributed by atoms with van der Waals surface area (Å²) in [6.07, 6.45) is 0.415. The van der Waals surface area contributed by atoms with Crippen LogP contribution in [0.4, 0.5) is 11.4 Å². The molecule has 1 aromatic carbocycles. The average molecular weight is 246 g/mol. The highest BCUT2D eigenvalue weighted by Crippen LogP contribution is 2.25. The molecule has 0 radical (unpaired) electrons. The van der Waals surface area contributed by atoms with E-state index < -0.39 is 12.0 Å². The zero-order valence-electron chi connectivity index (χ0n) is 9.63. The van der Waals surface area contributed by atoms with E-state index in [9.17, 15) is 9.90 Å². The highest BCUT2D eigenvalue weighted by atomic mass is 16.3. The summed E-state index contributed by atoms with van der Waals surface area (Å²) in [6, 6.07) is 7.13. The molecule has 0 bridgehead atoms. The number of nitrogens with one attached hydrogen (secondary N) is 1. The molecule has 1 atom stereocenters. The first-order chi connectivity index (χ1) is 8.59. The molecule has 0 fully saturated rings. The van der Waals surface area contributed by atoms with Gasteiger partial charge in [-0.25, -0.2) is 0 Å². The Hall–Kier alpha value is -2.34. The topological polar surface area (TPSA) is 114 Å². The molecule has 0 saturated heterocycles. The number of hydrogen-bond acceptors (Lipinski definition) is 5. The molecule has 1 aromatic heterocycles. The number of pyridine rings is 1. The first-order valence-corrected chi connectivity index (χ1v) is 5.44. The van der Waals surface area contributed by atoms with Gasteiger partial charge in [0.2, 0.25) is 5.91 Å². The molecule has 0 saturated carbocycles. The lowest BCUT2D eigenvalue weighted by atomic mass is 10.1. The second-order valence-electron chi connectivity index (χ2n) is 3.90. The van der Waals surface area contributed by atoms with Gasteiger partial charge in [-0.05, 0) is 24.3 Å². The minimum atomic E-state index is -1.23. The van der Waals surface area contributed by atoms with E-state index in [-0.39, 0.29) is 6.54 Å². The monoisotopic (exact) mass is 246 g/mol. The third-order valence-electron chi connectivity index (χ3n) is 2.62. The molecule has 18 heavy (non-hydrogen) atoms. The van der Waals surface area contributed by atoms with E-state index in [0.717, 1.165) is 5.39 Å². The fraction of sp³-hybridized carbons (Fsp3) is 0.167. The van der Waals surface area contributed by atoms with E-state index in [2.05, 4.69) is 10.3 Å². The molecule has 2 rings (SSSR count). The summed E-state index contributed by atoms with van der Waals surface area (Å²) in [6.45, 7) is 0.0327. The summed E-state index contributed by atoms with van der Waals surface area (Å²) in [4.78, 5) is 15.0. The molecule has 94 valence electrons. The van der Waals surface area contributed by atoms with E-state index in [1.807, 2.05) is 6.07 Å². The highest BCUT2D eigenvalue weighted by Gasteiger charge is 2.11. The second kappa shape index (κ2) is 4.89. The number of carbonyl (C=O) groups is 1. The Morgan fingerprint density at radius 1 is 1.44 bits per heavy atom. The first-order valence-electron chi connectivity index (χ1n) is 5.44. The quantitative estimate of drug-likeness (QED) is 0.570. The number of hydrogen-bond donors (Lipinski definition) is 4. The number of carbonyl (C=O) groups excluding carboxylic acids is 1. The van der Waals surface area contributed by atoms with Gasteiger partial charge in [0.25, 0.3) is 0 Å². The maximum absolute atomic E-state index is 10.7. The number of anilines is 2. The van der Waals surface area contributed by atoms with Crippen molar-refractivity contribution in [2.24, 2.45) is 5.73 Å². The van der Waals surface area contributed by atoms with Gasteiger partial charge in [-0.3, -0.25) is 9.78 Å². The minimum Gasteiger partial charge on any atom is -0.398 e. The SMILES string of the molecule is NC(=O)C(O)CNc1ccc(N)c2cccnc12. The Labute approximate surface area is 104 Å². The fourth-order valence-corrected chi connectivity index (χ4v) is 1.64. The number of primary amides is 1. The van der Waals surface area contributed by atoms with Gasteiger partial charge in [-0.1, -0.05) is 0 Å². The van der Waals surface area contributed by atoms with Crippen LogP contribution in [0.5, 0.6) is 0 Å². The predicted molar refractivity (Wildman–Crippen MR) is 69.8 cm³/mol. The molecule has 0 spiro atoms. The van der Waals surface area contributed by atoms with E-state index in [1.54, 1.807) is 24.4 Å². The van der Waals surface area contributed by atoms with Crippen molar-refractivity contribution in [3.8, 4) is 0 Å². The van der Waals surface area contributed by atoms with Crippen LogP contribution in [0.2, 0.25) is 0 Å². The lowest BCUT2D eigenvalue weighted by Crippen LogP contribution is -2.34. The van der Waals surface area contributed by atoms with Crippen LogP contribution in [0.1, 0.15) is 0 Å². The summed E-state index contributed by atoms with van der Waals surface area (Å²) in [5.74, 6) is -0.768. The Morgan fingerprint density at radius 3 is 2.94 bits per heavy atom. The van der Waals surface area contributed by atoms with Gasteiger partial charge in [0.15, 0.2) is 0 Å². The van der Waals surface area contributed by atoms with E-state index in [1.165, 1.54) is 0 Å². The second-order valence-corrected chi connectivity index (χ2v) is 3.90. The number of nitrogens with zero attached hydrogens (tertiary/aromatic N) is 1. The van der Waals surface area contributed by atoms with Crippen molar-refractivity contribution in [1.29, 1.82) is 0 Å². The van der Waals surface area contributed by atoms with Gasteiger partial charge in [0, 0.05) is 23.8 Å². The van der Waals surface area contributed by atoms with Crippen LogP contribution in [0, 0.1) is 0 Å². The number of amides is 1. The molecule has 0 aliphatic heterocycles. The fourth-order valence-electron chi connectivity index (χ4n) is 1.64. The van der Waals surface area contributed by atoms with Gasteiger partial charge < -0.3 is 21.9 Å². The van der Waals surface area contributed by atoms with Crippen LogP contribution in [0.3, 0.4) is 0 Å². The van der Waals surface area contributed by atoms with Crippen LogP contribution < -0.4 is 16.8 Å². The van der Waals surface area contributed by atoms with Crippen LogP contribution in [-0.4, -0.2) is 28.6 Å². The molecule has 6 nitrogen and oxygen atoms in total. The lowest BCUT2D eigenvalue weighted by Gasteiger charge is -2.12. The lowest BCUT2D eigenvalue weighted by molar-refractivity contribution is -0.125. The smallest absolute Gasteiger partial charge is 0.248 e. The average Bonchev–Trinajstić information content (AvgIpc) is 2.38. The van der Waals surface area contributed by atoms with Crippen molar-refractivity contribution in [2.45, 2.75) is 6.10 Å². The van der Waals surface area contributed by atoms with Gasteiger partial charge in [-0.2, -0.15) is 0 Å². The molecule has 6 heteroatoms.